The van der Waals surface area contributed by atoms with Crippen LogP contribution in [0.4, 0.5) is 0 Å². The molecule has 0 bridgehead atoms. The summed E-state index contributed by atoms with van der Waals surface area (Å²) in [4.78, 5) is 0. The highest BCUT2D eigenvalue weighted by molar-refractivity contribution is 5.22. The van der Waals surface area contributed by atoms with Gasteiger partial charge in [0.05, 0.1) is 13.2 Å². The summed E-state index contributed by atoms with van der Waals surface area (Å²) in [6.07, 6.45) is 0. The average Bonchev–Trinajstić information content (AvgIpc) is 2.52. The molecule has 0 saturated carbocycles. The summed E-state index contributed by atoms with van der Waals surface area (Å²) in [6, 6.07) is 17.5. The predicted molar refractivity (Wildman–Crippen MR) is 93.5 cm³/mol. The Hall–Kier alpha value is -1.88. The lowest BCUT2D eigenvalue weighted by Crippen LogP contribution is -2.31. The van der Waals surface area contributed by atoms with Crippen LogP contribution in [0.3, 0.4) is 0 Å². The summed E-state index contributed by atoms with van der Waals surface area (Å²) >= 11 is 0. The van der Waals surface area contributed by atoms with Gasteiger partial charge in [0, 0.05) is 13.8 Å². The molecule has 130 valence electrons. The molecule has 4 nitrogen and oxygen atoms in total. The van der Waals surface area contributed by atoms with Crippen LogP contribution in [0.25, 0.3) is 0 Å². The van der Waals surface area contributed by atoms with Crippen LogP contribution in [-0.2, 0) is 22.7 Å². The molecule has 2 aromatic carbocycles. The lowest BCUT2D eigenvalue weighted by molar-refractivity contribution is -0.183. The molecule has 0 amide bonds. The maximum absolute atomic E-state index is 9.57. The second-order valence-corrected chi connectivity index (χ2v) is 6.66. The van der Waals surface area contributed by atoms with Crippen LogP contribution in [0.1, 0.15) is 38.8 Å². The van der Waals surface area contributed by atoms with E-state index in [1.807, 2.05) is 68.4 Å². The summed E-state index contributed by atoms with van der Waals surface area (Å²) in [5, 5.41) is 9.57. The number of aliphatic hydroxyl groups is 1. The van der Waals surface area contributed by atoms with E-state index in [1.165, 1.54) is 0 Å². The zero-order chi connectivity index (χ0) is 17.6. The minimum Gasteiger partial charge on any atom is -0.463 e. The number of rotatable bonds is 8. The molecule has 0 aliphatic rings. The monoisotopic (exact) mass is 330 g/mol. The molecule has 0 aliphatic heterocycles. The van der Waals surface area contributed by atoms with Crippen molar-refractivity contribution in [1.82, 2.24) is 0 Å². The zero-order valence-electron chi connectivity index (χ0n) is 14.8. The van der Waals surface area contributed by atoms with E-state index in [2.05, 4.69) is 0 Å². The summed E-state index contributed by atoms with van der Waals surface area (Å²) in [6.45, 7) is 7.84. The quantitative estimate of drug-likeness (QED) is 0.735. The Morgan fingerprint density at radius 2 is 1.25 bits per heavy atom. The van der Waals surface area contributed by atoms with Gasteiger partial charge in [-0.15, -0.1) is 0 Å². The fourth-order valence-corrected chi connectivity index (χ4v) is 2.05. The Balaban J connectivity index is 1.85. The van der Waals surface area contributed by atoms with Gasteiger partial charge >= 0.3 is 0 Å². The first-order chi connectivity index (χ1) is 11.2. The van der Waals surface area contributed by atoms with Crippen molar-refractivity contribution >= 4 is 0 Å². The van der Waals surface area contributed by atoms with Crippen molar-refractivity contribution in [1.29, 1.82) is 0 Å². The first kappa shape index (κ1) is 18.5. The number of hydrogen-bond donors (Lipinski definition) is 1. The number of benzene rings is 2. The van der Waals surface area contributed by atoms with Gasteiger partial charge < -0.3 is 19.3 Å². The molecule has 2 aromatic rings. The third kappa shape index (κ3) is 6.71. The molecule has 0 saturated heterocycles. The third-order valence-electron chi connectivity index (χ3n) is 3.31. The fourth-order valence-electron chi connectivity index (χ4n) is 2.05. The zero-order valence-corrected chi connectivity index (χ0v) is 14.8. The van der Waals surface area contributed by atoms with Crippen molar-refractivity contribution in [2.24, 2.45) is 0 Å². The van der Waals surface area contributed by atoms with E-state index in [9.17, 15) is 5.11 Å². The van der Waals surface area contributed by atoms with E-state index in [0.29, 0.717) is 13.2 Å². The van der Waals surface area contributed by atoms with Crippen molar-refractivity contribution in [2.75, 3.05) is 0 Å². The van der Waals surface area contributed by atoms with Crippen LogP contribution in [0.2, 0.25) is 0 Å². The maximum atomic E-state index is 9.57. The minimum absolute atomic E-state index is 0.368. The van der Waals surface area contributed by atoms with Crippen molar-refractivity contribution < 1.29 is 19.3 Å². The number of hydrogen-bond acceptors (Lipinski definition) is 4. The molecular weight excluding hydrogens is 304 g/mol. The van der Waals surface area contributed by atoms with E-state index in [4.69, 9.17) is 14.2 Å². The van der Waals surface area contributed by atoms with Crippen LogP contribution in [-0.4, -0.2) is 16.7 Å². The summed E-state index contributed by atoms with van der Waals surface area (Å²) in [7, 11) is 0. The molecule has 1 N–H and O–H groups in total. The van der Waals surface area contributed by atoms with Crippen molar-refractivity contribution in [3.63, 3.8) is 0 Å². The van der Waals surface area contributed by atoms with Gasteiger partial charge in [0.15, 0.2) is 5.79 Å². The second-order valence-electron chi connectivity index (χ2n) is 6.66. The second kappa shape index (κ2) is 7.79. The van der Waals surface area contributed by atoms with Gasteiger partial charge in [-0.2, -0.15) is 0 Å². The normalized spacial score (nSPS) is 12.2. The van der Waals surface area contributed by atoms with E-state index in [0.717, 1.165) is 16.9 Å². The molecule has 0 aromatic heterocycles. The first-order valence-electron chi connectivity index (χ1n) is 8.06. The molecule has 4 heteroatoms. The smallest absolute Gasteiger partial charge is 0.205 e. The Morgan fingerprint density at radius 1 is 0.750 bits per heavy atom. The Bertz CT molecular complexity index is 612. The Labute approximate surface area is 144 Å². The SMILES string of the molecule is CC(C)(O)OCc1ccc(COC(C)(C)Oc2ccccc2)cc1. The largest absolute Gasteiger partial charge is 0.463 e. The molecule has 0 fully saturated rings. The van der Waals surface area contributed by atoms with Crippen molar-refractivity contribution in [2.45, 2.75) is 52.5 Å². The third-order valence-corrected chi connectivity index (χ3v) is 3.31. The van der Waals surface area contributed by atoms with Gasteiger partial charge in [0.1, 0.15) is 5.75 Å². The van der Waals surface area contributed by atoms with E-state index >= 15 is 0 Å². The molecule has 2 rings (SSSR count). The topological polar surface area (TPSA) is 47.9 Å². The fraction of sp³-hybridized carbons (Fsp3) is 0.400. The summed E-state index contributed by atoms with van der Waals surface area (Å²) in [5.74, 6) is -1.06. The van der Waals surface area contributed by atoms with E-state index in [1.54, 1.807) is 13.8 Å². The van der Waals surface area contributed by atoms with E-state index < -0.39 is 11.6 Å². The maximum Gasteiger partial charge on any atom is 0.205 e. The lowest BCUT2D eigenvalue weighted by atomic mass is 10.1. The van der Waals surface area contributed by atoms with Crippen LogP contribution in [0.5, 0.6) is 5.75 Å². The Morgan fingerprint density at radius 3 is 1.75 bits per heavy atom. The van der Waals surface area contributed by atoms with Gasteiger partial charge in [0.25, 0.3) is 0 Å². The molecule has 0 unspecified atom stereocenters. The minimum atomic E-state index is -1.12. The Kier molecular flexibility index (Phi) is 5.99. The van der Waals surface area contributed by atoms with Gasteiger partial charge in [-0.25, -0.2) is 0 Å². The molecule has 0 spiro atoms. The average molecular weight is 330 g/mol. The van der Waals surface area contributed by atoms with Crippen molar-refractivity contribution in [3.05, 3.63) is 65.7 Å². The molecule has 0 aliphatic carbocycles. The predicted octanol–water partition coefficient (Wildman–Crippen LogP) is 4.26. The van der Waals surface area contributed by atoms with Gasteiger partial charge in [-0.3, -0.25) is 0 Å². The molecular formula is C20H26O4. The van der Waals surface area contributed by atoms with Crippen LogP contribution in [0.15, 0.2) is 54.6 Å². The number of ether oxygens (including phenoxy) is 3. The summed E-state index contributed by atoms with van der Waals surface area (Å²) < 4.78 is 17.1. The lowest BCUT2D eigenvalue weighted by Gasteiger charge is -2.26. The van der Waals surface area contributed by atoms with Gasteiger partial charge in [-0.1, -0.05) is 42.5 Å². The first-order valence-corrected chi connectivity index (χ1v) is 8.06. The number of para-hydroxylation sites is 1. The van der Waals surface area contributed by atoms with E-state index in [-0.39, 0.29) is 0 Å². The molecule has 0 heterocycles. The van der Waals surface area contributed by atoms with Crippen molar-refractivity contribution in [3.8, 4) is 5.75 Å². The molecule has 24 heavy (non-hydrogen) atoms. The molecule has 0 radical (unpaired) electrons. The highest BCUT2D eigenvalue weighted by atomic mass is 16.7. The van der Waals surface area contributed by atoms with Crippen LogP contribution in [0, 0.1) is 0 Å². The standard InChI is InChI=1S/C20H26O4/c1-19(2,21)22-14-16-10-12-17(13-11-16)15-23-20(3,4)24-18-8-6-5-7-9-18/h5-13,21H,14-15H2,1-4H3. The highest BCUT2D eigenvalue weighted by Crippen LogP contribution is 2.20. The molecule has 0 atom stereocenters. The van der Waals surface area contributed by atoms with Gasteiger partial charge in [-0.05, 0) is 37.1 Å². The summed E-state index contributed by atoms with van der Waals surface area (Å²) in [5.41, 5.74) is 2.05. The highest BCUT2D eigenvalue weighted by Gasteiger charge is 2.20. The van der Waals surface area contributed by atoms with Crippen LogP contribution < -0.4 is 4.74 Å². The van der Waals surface area contributed by atoms with Gasteiger partial charge in [0.2, 0.25) is 5.79 Å². The van der Waals surface area contributed by atoms with Crippen LogP contribution >= 0.6 is 0 Å².